The fraction of sp³-hybridized carbons (Fsp3) is 0.529. The van der Waals surface area contributed by atoms with E-state index in [1.54, 1.807) is 28.2 Å². The smallest absolute Gasteiger partial charge is 0.356 e. The molecule has 0 aliphatic carbocycles. The summed E-state index contributed by atoms with van der Waals surface area (Å²) in [5, 5.41) is 9.08. The molecule has 2 rings (SSSR count). The number of amides is 3. The van der Waals surface area contributed by atoms with Crippen LogP contribution in [-0.4, -0.2) is 120 Å². The van der Waals surface area contributed by atoms with Crippen molar-refractivity contribution in [1.82, 2.24) is 29.6 Å². The lowest BCUT2D eigenvalue weighted by Gasteiger charge is -2.34. The first kappa shape index (κ1) is 23.0. The Bertz CT molecular complexity index is 701. The Morgan fingerprint density at radius 1 is 1.04 bits per heavy atom. The van der Waals surface area contributed by atoms with Crippen molar-refractivity contribution in [3.05, 3.63) is 23.8 Å². The van der Waals surface area contributed by atoms with Crippen LogP contribution in [0.2, 0.25) is 0 Å². The van der Waals surface area contributed by atoms with E-state index in [4.69, 9.17) is 5.11 Å². The molecule has 11 heteroatoms. The lowest BCUT2D eigenvalue weighted by atomic mass is 10.2. The zero-order valence-electron chi connectivity index (χ0n) is 16.5. The van der Waals surface area contributed by atoms with Crippen LogP contribution in [-0.2, 0) is 9.59 Å². The molecule has 0 radical (unpaired) electrons. The van der Waals surface area contributed by atoms with Crippen molar-refractivity contribution < 1.29 is 24.3 Å². The highest BCUT2D eigenvalue weighted by atomic mass is 16.4. The van der Waals surface area contributed by atoms with Gasteiger partial charge in [-0.05, 0) is 0 Å². The van der Waals surface area contributed by atoms with Gasteiger partial charge in [0.1, 0.15) is 0 Å². The van der Waals surface area contributed by atoms with Crippen molar-refractivity contribution in [2.45, 2.75) is 0 Å². The second-order valence-corrected chi connectivity index (χ2v) is 6.48. The van der Waals surface area contributed by atoms with Crippen LogP contribution < -0.4 is 0 Å². The molecule has 0 unspecified atom stereocenters. The molecule has 1 aromatic rings. The van der Waals surface area contributed by atoms with E-state index < -0.39 is 11.9 Å². The van der Waals surface area contributed by atoms with Gasteiger partial charge in [-0.15, -0.1) is 0 Å². The average molecular weight is 394 g/mol. The number of rotatable bonds is 5. The molecule has 1 saturated heterocycles. The first-order valence-electron chi connectivity index (χ1n) is 8.55. The molecule has 2 heterocycles. The van der Waals surface area contributed by atoms with Crippen LogP contribution in [0.25, 0.3) is 0 Å². The number of nitrogens with zero attached hydrogens (tertiary/aromatic N) is 6. The lowest BCUT2D eigenvalue weighted by molar-refractivity contribution is -0.130. The third kappa shape index (κ3) is 6.91. The van der Waals surface area contributed by atoms with Gasteiger partial charge in [-0.25, -0.2) is 14.8 Å². The Morgan fingerprint density at radius 3 is 1.96 bits per heavy atom. The molecule has 1 N–H and O–H groups in total. The van der Waals surface area contributed by atoms with Gasteiger partial charge in [0.2, 0.25) is 12.3 Å². The SMILES string of the molecule is CN(C)C(=O)CN1CCN(C(=O)c2nccnc2C(=O)O)CC1.CN(C)C=O. The highest BCUT2D eigenvalue weighted by Gasteiger charge is 2.27. The summed E-state index contributed by atoms with van der Waals surface area (Å²) in [5.41, 5.74) is -0.500. The Balaban J connectivity index is 0.000000696. The summed E-state index contributed by atoms with van der Waals surface area (Å²) < 4.78 is 0. The summed E-state index contributed by atoms with van der Waals surface area (Å²) in [7, 11) is 6.77. The second kappa shape index (κ2) is 10.9. The first-order chi connectivity index (χ1) is 13.2. The largest absolute Gasteiger partial charge is 0.476 e. The molecule has 28 heavy (non-hydrogen) atoms. The van der Waals surface area contributed by atoms with E-state index in [-0.39, 0.29) is 17.3 Å². The number of piperazine rings is 1. The minimum atomic E-state index is -1.28. The number of hydrogen-bond donors (Lipinski definition) is 1. The molecule has 1 aromatic heterocycles. The van der Waals surface area contributed by atoms with Gasteiger partial charge in [-0.3, -0.25) is 19.3 Å². The molecule has 0 bridgehead atoms. The standard InChI is InChI=1S/C14H19N5O4.C3H7NO/c1-17(2)10(20)9-18-5-7-19(8-6-18)13(21)11-12(14(22)23)16-4-3-15-11;1-4(2)3-5/h3-4H,5-9H2,1-2H3,(H,22,23);3H,1-2H3. The molecule has 1 aliphatic rings. The molecule has 1 aliphatic heterocycles. The van der Waals surface area contributed by atoms with Crippen LogP contribution in [0.5, 0.6) is 0 Å². The third-order valence-corrected chi connectivity index (χ3v) is 3.83. The molecule has 0 aromatic carbocycles. The van der Waals surface area contributed by atoms with E-state index in [2.05, 4.69) is 9.97 Å². The molecule has 1 fully saturated rings. The van der Waals surface area contributed by atoms with Crippen molar-refractivity contribution in [3.8, 4) is 0 Å². The van der Waals surface area contributed by atoms with Crippen molar-refractivity contribution in [3.63, 3.8) is 0 Å². The Kier molecular flexibility index (Phi) is 8.96. The van der Waals surface area contributed by atoms with Crippen LogP contribution >= 0.6 is 0 Å². The van der Waals surface area contributed by atoms with E-state index in [0.717, 1.165) is 6.41 Å². The normalized spacial score (nSPS) is 13.8. The summed E-state index contributed by atoms with van der Waals surface area (Å²) in [5.74, 6) is -1.72. The Hall–Kier alpha value is -3.08. The van der Waals surface area contributed by atoms with Crippen molar-refractivity contribution in [1.29, 1.82) is 0 Å². The van der Waals surface area contributed by atoms with Crippen LogP contribution in [0, 0.1) is 0 Å². The maximum atomic E-state index is 12.4. The van der Waals surface area contributed by atoms with Crippen molar-refractivity contribution in [2.75, 3.05) is 60.9 Å². The van der Waals surface area contributed by atoms with E-state index in [0.29, 0.717) is 32.7 Å². The fourth-order valence-corrected chi connectivity index (χ4v) is 2.24. The predicted molar refractivity (Wildman–Crippen MR) is 99.8 cm³/mol. The molecule has 0 spiro atoms. The van der Waals surface area contributed by atoms with Crippen molar-refractivity contribution >= 4 is 24.2 Å². The van der Waals surface area contributed by atoms with E-state index in [1.165, 1.54) is 27.1 Å². The zero-order chi connectivity index (χ0) is 21.3. The zero-order valence-corrected chi connectivity index (χ0v) is 16.5. The number of carbonyl (C=O) groups is 4. The summed E-state index contributed by atoms with van der Waals surface area (Å²) in [6, 6.07) is 0. The minimum absolute atomic E-state index is 0.00636. The molecule has 0 saturated carbocycles. The number of hydrogen-bond acceptors (Lipinski definition) is 7. The quantitative estimate of drug-likeness (QED) is 0.612. The fourth-order valence-electron chi connectivity index (χ4n) is 2.24. The number of carbonyl (C=O) groups excluding carboxylic acids is 3. The van der Waals surface area contributed by atoms with Gasteiger partial charge in [0.15, 0.2) is 11.4 Å². The number of aromatic carboxylic acids is 1. The highest BCUT2D eigenvalue weighted by Crippen LogP contribution is 2.10. The second-order valence-electron chi connectivity index (χ2n) is 6.48. The number of carboxylic acid groups (broad SMARTS) is 1. The van der Waals surface area contributed by atoms with Gasteiger partial charge < -0.3 is 19.8 Å². The van der Waals surface area contributed by atoms with E-state index >= 15 is 0 Å². The molecule has 154 valence electrons. The van der Waals surface area contributed by atoms with Gasteiger partial charge in [0.25, 0.3) is 5.91 Å². The number of aromatic nitrogens is 2. The summed E-state index contributed by atoms with van der Waals surface area (Å²) >= 11 is 0. The minimum Gasteiger partial charge on any atom is -0.476 e. The molecular formula is C17H26N6O5. The summed E-state index contributed by atoms with van der Waals surface area (Å²) in [4.78, 5) is 58.7. The molecule has 3 amide bonds. The van der Waals surface area contributed by atoms with E-state index in [1.807, 2.05) is 4.90 Å². The highest BCUT2D eigenvalue weighted by molar-refractivity contribution is 6.02. The third-order valence-electron chi connectivity index (χ3n) is 3.83. The molecular weight excluding hydrogens is 368 g/mol. The summed E-state index contributed by atoms with van der Waals surface area (Å²) in [6.07, 6.45) is 3.29. The number of carboxylic acids is 1. The molecule has 11 nitrogen and oxygen atoms in total. The van der Waals surface area contributed by atoms with Gasteiger partial charge in [0.05, 0.1) is 6.54 Å². The topological polar surface area (TPSA) is 127 Å². The maximum Gasteiger partial charge on any atom is 0.356 e. The van der Waals surface area contributed by atoms with Crippen LogP contribution in [0.15, 0.2) is 12.4 Å². The molecule has 0 atom stereocenters. The summed E-state index contributed by atoms with van der Waals surface area (Å²) in [6.45, 7) is 2.23. The Morgan fingerprint density at radius 2 is 1.54 bits per heavy atom. The lowest BCUT2D eigenvalue weighted by Crippen LogP contribution is -2.51. The average Bonchev–Trinajstić information content (AvgIpc) is 2.68. The van der Waals surface area contributed by atoms with Crippen LogP contribution in [0.3, 0.4) is 0 Å². The van der Waals surface area contributed by atoms with Gasteiger partial charge in [-0.1, -0.05) is 0 Å². The number of likely N-dealkylation sites (N-methyl/N-ethyl adjacent to an activating group) is 1. The van der Waals surface area contributed by atoms with E-state index in [9.17, 15) is 19.2 Å². The van der Waals surface area contributed by atoms with Crippen LogP contribution in [0.1, 0.15) is 21.0 Å². The predicted octanol–water partition coefficient (Wildman–Crippen LogP) is -1.27. The Labute approximate surface area is 163 Å². The maximum absolute atomic E-state index is 12.4. The van der Waals surface area contributed by atoms with Gasteiger partial charge in [-0.2, -0.15) is 0 Å². The van der Waals surface area contributed by atoms with Crippen LogP contribution in [0.4, 0.5) is 0 Å². The first-order valence-corrected chi connectivity index (χ1v) is 8.55. The monoisotopic (exact) mass is 394 g/mol. The van der Waals surface area contributed by atoms with Gasteiger partial charge in [0, 0.05) is 66.8 Å². The van der Waals surface area contributed by atoms with Gasteiger partial charge >= 0.3 is 5.97 Å². The van der Waals surface area contributed by atoms with Crippen molar-refractivity contribution in [2.24, 2.45) is 0 Å².